The van der Waals surface area contributed by atoms with Crippen LogP contribution in [0.15, 0.2) is 45.3 Å². The van der Waals surface area contributed by atoms with E-state index in [2.05, 4.69) is 78.1 Å². The third-order valence-electron chi connectivity index (χ3n) is 3.83. The van der Waals surface area contributed by atoms with Gasteiger partial charge in [0.15, 0.2) is 0 Å². The predicted molar refractivity (Wildman–Crippen MR) is 85.5 cm³/mol. The molecule has 0 saturated carbocycles. The van der Waals surface area contributed by atoms with Gasteiger partial charge < -0.3 is 9.80 Å². The Hall–Kier alpha value is -1.000. The summed E-state index contributed by atoms with van der Waals surface area (Å²) in [4.78, 5) is 4.89. The zero-order valence-electron chi connectivity index (χ0n) is 10.2. The number of hydrogen-bond donors (Lipinski definition) is 0. The Kier molecular flexibility index (Phi) is 2.64. The quantitative estimate of drug-likeness (QED) is 0.664. The van der Waals surface area contributed by atoms with Crippen LogP contribution < -0.4 is 9.80 Å². The van der Waals surface area contributed by atoms with E-state index in [4.69, 9.17) is 0 Å². The molecule has 2 bridgehead atoms. The van der Waals surface area contributed by atoms with Gasteiger partial charge in [0, 0.05) is 33.4 Å². The lowest BCUT2D eigenvalue weighted by Crippen LogP contribution is -2.46. The van der Waals surface area contributed by atoms with E-state index in [0.29, 0.717) is 0 Å². The average molecular weight is 380 g/mol. The van der Waals surface area contributed by atoms with Gasteiger partial charge in [-0.2, -0.15) is 0 Å². The molecular formula is C15H12Br2N2. The van der Waals surface area contributed by atoms with E-state index in [0.717, 1.165) is 28.7 Å². The molecule has 0 radical (unpaired) electrons. The molecule has 0 fully saturated rings. The van der Waals surface area contributed by atoms with Gasteiger partial charge in [-0.1, -0.05) is 31.9 Å². The first-order valence-electron chi connectivity index (χ1n) is 6.27. The largest absolute Gasteiger partial charge is 0.349 e. The smallest absolute Gasteiger partial charge is 0.0910 e. The lowest BCUT2D eigenvalue weighted by Gasteiger charge is -2.44. The minimum absolute atomic E-state index is 0.986. The number of anilines is 2. The predicted octanol–water partition coefficient (Wildman–Crippen LogP) is 4.51. The van der Waals surface area contributed by atoms with Gasteiger partial charge in [-0.3, -0.25) is 0 Å². The van der Waals surface area contributed by atoms with E-state index in [9.17, 15) is 0 Å². The standard InChI is InChI=1S/C15H12Br2N2/c16-12-1-3-14-10(5-12)7-19-9-18(14)8-11-6-13(17)2-4-15(11)19/h1-6H,7-9H2. The number of hydrogen-bond acceptors (Lipinski definition) is 2. The molecule has 0 N–H and O–H groups in total. The normalized spacial score (nSPS) is 16.1. The topological polar surface area (TPSA) is 6.48 Å². The fourth-order valence-corrected chi connectivity index (χ4v) is 3.84. The molecule has 96 valence electrons. The Balaban J connectivity index is 1.83. The first kappa shape index (κ1) is 11.8. The highest BCUT2D eigenvalue weighted by Crippen LogP contribution is 2.39. The van der Waals surface area contributed by atoms with Crippen molar-refractivity contribution in [3.63, 3.8) is 0 Å². The van der Waals surface area contributed by atoms with Crippen molar-refractivity contribution in [2.24, 2.45) is 0 Å². The van der Waals surface area contributed by atoms with Gasteiger partial charge in [-0.05, 0) is 47.5 Å². The zero-order valence-corrected chi connectivity index (χ0v) is 13.4. The first-order valence-corrected chi connectivity index (χ1v) is 7.86. The summed E-state index contributed by atoms with van der Waals surface area (Å²) < 4.78 is 2.31. The lowest BCUT2D eigenvalue weighted by molar-refractivity contribution is 0.650. The van der Waals surface area contributed by atoms with E-state index >= 15 is 0 Å². The molecule has 2 heterocycles. The van der Waals surface area contributed by atoms with Crippen molar-refractivity contribution in [1.82, 2.24) is 0 Å². The minimum Gasteiger partial charge on any atom is -0.349 e. The van der Waals surface area contributed by atoms with E-state index in [1.54, 1.807) is 0 Å². The highest BCUT2D eigenvalue weighted by Gasteiger charge is 2.29. The molecule has 2 aromatic carbocycles. The highest BCUT2D eigenvalue weighted by molar-refractivity contribution is 9.10. The van der Waals surface area contributed by atoms with Crippen LogP contribution in [0.3, 0.4) is 0 Å². The molecule has 0 saturated heterocycles. The number of fused-ring (bicyclic) bond motifs is 6. The van der Waals surface area contributed by atoms with E-state index in [-0.39, 0.29) is 0 Å². The maximum Gasteiger partial charge on any atom is 0.0910 e. The molecule has 2 aliphatic rings. The summed E-state index contributed by atoms with van der Waals surface area (Å²) in [5.41, 5.74) is 5.53. The number of benzene rings is 2. The molecule has 0 aliphatic carbocycles. The Labute approximate surface area is 129 Å². The van der Waals surface area contributed by atoms with Crippen LogP contribution in [0.4, 0.5) is 11.4 Å². The summed E-state index contributed by atoms with van der Waals surface area (Å²) in [6.07, 6.45) is 0. The van der Waals surface area contributed by atoms with Crippen molar-refractivity contribution in [2.75, 3.05) is 16.5 Å². The summed E-state index contributed by atoms with van der Waals surface area (Å²) in [6, 6.07) is 13.2. The lowest BCUT2D eigenvalue weighted by atomic mass is 10.0. The summed E-state index contributed by atoms with van der Waals surface area (Å²) >= 11 is 7.14. The third-order valence-corrected chi connectivity index (χ3v) is 4.81. The van der Waals surface area contributed by atoms with Crippen molar-refractivity contribution in [3.8, 4) is 0 Å². The number of rotatable bonds is 0. The zero-order chi connectivity index (χ0) is 13.0. The van der Waals surface area contributed by atoms with Gasteiger partial charge in [-0.25, -0.2) is 0 Å². The molecule has 0 aromatic heterocycles. The Morgan fingerprint density at radius 2 is 1.21 bits per heavy atom. The molecule has 2 aliphatic heterocycles. The number of nitrogens with zero attached hydrogens (tertiary/aromatic N) is 2. The third kappa shape index (κ3) is 1.89. The molecular weight excluding hydrogens is 368 g/mol. The molecule has 0 amide bonds. The molecule has 4 rings (SSSR count). The Morgan fingerprint density at radius 1 is 0.737 bits per heavy atom. The van der Waals surface area contributed by atoms with Gasteiger partial charge in [0.2, 0.25) is 0 Å². The molecule has 2 aromatic rings. The number of halogens is 2. The summed E-state index contributed by atoms with van der Waals surface area (Å²) in [5.74, 6) is 0. The van der Waals surface area contributed by atoms with Crippen LogP contribution in [0.5, 0.6) is 0 Å². The Morgan fingerprint density at radius 3 is 1.68 bits per heavy atom. The second-order valence-corrected chi connectivity index (χ2v) is 6.91. The van der Waals surface area contributed by atoms with Crippen molar-refractivity contribution >= 4 is 43.2 Å². The van der Waals surface area contributed by atoms with Gasteiger partial charge in [0.05, 0.1) is 6.67 Å². The first-order chi connectivity index (χ1) is 9.20. The fraction of sp³-hybridized carbons (Fsp3) is 0.200. The Bertz CT molecular complexity index is 612. The van der Waals surface area contributed by atoms with E-state index < -0.39 is 0 Å². The molecule has 0 atom stereocenters. The van der Waals surface area contributed by atoms with Crippen molar-refractivity contribution in [2.45, 2.75) is 13.1 Å². The van der Waals surface area contributed by atoms with Gasteiger partial charge in [-0.15, -0.1) is 0 Å². The molecule has 0 unspecified atom stereocenters. The van der Waals surface area contributed by atoms with Crippen LogP contribution in [-0.4, -0.2) is 6.67 Å². The molecule has 19 heavy (non-hydrogen) atoms. The minimum atomic E-state index is 0.986. The highest BCUT2D eigenvalue weighted by atomic mass is 79.9. The van der Waals surface area contributed by atoms with Crippen LogP contribution in [0.2, 0.25) is 0 Å². The molecule has 4 heteroatoms. The van der Waals surface area contributed by atoms with Crippen molar-refractivity contribution in [1.29, 1.82) is 0 Å². The van der Waals surface area contributed by atoms with Gasteiger partial charge >= 0.3 is 0 Å². The van der Waals surface area contributed by atoms with Gasteiger partial charge in [0.1, 0.15) is 0 Å². The second-order valence-electron chi connectivity index (χ2n) is 5.08. The average Bonchev–Trinajstić information content (AvgIpc) is 2.37. The van der Waals surface area contributed by atoms with Crippen LogP contribution >= 0.6 is 31.9 Å². The summed E-state index contributed by atoms with van der Waals surface area (Å²) in [7, 11) is 0. The van der Waals surface area contributed by atoms with Crippen LogP contribution in [-0.2, 0) is 13.1 Å². The summed E-state index contributed by atoms with van der Waals surface area (Å²) in [5, 5.41) is 0. The van der Waals surface area contributed by atoms with Gasteiger partial charge in [0.25, 0.3) is 0 Å². The molecule has 2 nitrogen and oxygen atoms in total. The maximum atomic E-state index is 3.57. The monoisotopic (exact) mass is 378 g/mol. The summed E-state index contributed by atoms with van der Waals surface area (Å²) in [6.45, 7) is 2.96. The van der Waals surface area contributed by atoms with Crippen LogP contribution in [0.25, 0.3) is 0 Å². The fourth-order valence-electron chi connectivity index (χ4n) is 3.02. The molecule has 0 spiro atoms. The van der Waals surface area contributed by atoms with E-state index in [1.807, 2.05) is 0 Å². The van der Waals surface area contributed by atoms with E-state index in [1.165, 1.54) is 22.5 Å². The SMILES string of the molecule is Brc1ccc2c(c1)CN1CN2Cc2cc(Br)ccc21. The maximum absolute atomic E-state index is 3.57. The van der Waals surface area contributed by atoms with Crippen LogP contribution in [0, 0.1) is 0 Å². The second kappa shape index (κ2) is 4.25. The van der Waals surface area contributed by atoms with Crippen LogP contribution in [0.1, 0.15) is 11.1 Å². The van der Waals surface area contributed by atoms with Crippen molar-refractivity contribution < 1.29 is 0 Å². The van der Waals surface area contributed by atoms with Crippen molar-refractivity contribution in [3.05, 3.63) is 56.5 Å².